The summed E-state index contributed by atoms with van der Waals surface area (Å²) in [6.45, 7) is 3.79. The summed E-state index contributed by atoms with van der Waals surface area (Å²) in [7, 11) is 0. The number of hydrogen-bond donors (Lipinski definition) is 1. The maximum atomic E-state index is 11.0. The van der Waals surface area contributed by atoms with E-state index in [0.29, 0.717) is 4.43 Å². The van der Waals surface area contributed by atoms with Crippen LogP contribution in [0.2, 0.25) is 0 Å². The molecule has 0 saturated heterocycles. The number of carbonyl (C=O) groups is 1. The number of hydrogen-bond acceptors (Lipinski definition) is 3. The Hall–Kier alpha value is 0.160. The zero-order valence-corrected chi connectivity index (χ0v) is 9.58. The molecule has 0 amide bonds. The summed E-state index contributed by atoms with van der Waals surface area (Å²) in [5.74, 6) is -0.312. The highest BCUT2D eigenvalue weighted by atomic mass is 127. The molecule has 0 fully saturated rings. The summed E-state index contributed by atoms with van der Waals surface area (Å²) in [6.07, 6.45) is 0.306. The Balaban J connectivity index is 3.59. The van der Waals surface area contributed by atoms with E-state index in [1.165, 1.54) is 0 Å². The molecule has 0 aliphatic rings. The highest BCUT2D eigenvalue weighted by Crippen LogP contribution is 2.03. The molecule has 0 radical (unpaired) electrons. The first-order valence-corrected chi connectivity index (χ1v) is 5.56. The van der Waals surface area contributed by atoms with Crippen molar-refractivity contribution in [1.29, 1.82) is 0 Å². The van der Waals surface area contributed by atoms with Crippen molar-refractivity contribution >= 4 is 28.6 Å². The van der Waals surface area contributed by atoms with Gasteiger partial charge in [-0.15, -0.1) is 0 Å². The van der Waals surface area contributed by atoms with Crippen molar-refractivity contribution in [2.75, 3.05) is 4.43 Å². The number of aliphatic hydroxyl groups excluding tert-OH is 1. The highest BCUT2D eigenvalue weighted by Gasteiger charge is 2.12. The van der Waals surface area contributed by atoms with Gasteiger partial charge in [0.15, 0.2) is 0 Å². The molecule has 3 nitrogen and oxygen atoms in total. The van der Waals surface area contributed by atoms with E-state index in [0.717, 1.165) is 6.42 Å². The van der Waals surface area contributed by atoms with Crippen LogP contribution in [0, 0.1) is 0 Å². The van der Waals surface area contributed by atoms with Gasteiger partial charge in [-0.3, -0.25) is 4.79 Å². The lowest BCUT2D eigenvalue weighted by Gasteiger charge is -2.12. The molecule has 0 bridgehead atoms. The molecule has 0 aromatic carbocycles. The predicted octanol–water partition coefficient (Wildman–Crippen LogP) is 1.51. The van der Waals surface area contributed by atoms with Crippen LogP contribution in [0.4, 0.5) is 0 Å². The molecule has 0 aliphatic heterocycles. The summed E-state index contributed by atoms with van der Waals surface area (Å²) in [5, 5.41) is 9.11. The number of aliphatic hydroxyl groups is 1. The first-order valence-electron chi connectivity index (χ1n) is 4.03. The number of rotatable bonds is 5. The summed E-state index contributed by atoms with van der Waals surface area (Å²) in [5.41, 5.74) is 0. The summed E-state index contributed by atoms with van der Waals surface area (Å²) in [4.78, 5) is 11.0. The second kappa shape index (κ2) is 6.65. The van der Waals surface area contributed by atoms with Gasteiger partial charge in [-0.25, -0.2) is 0 Å². The number of ether oxygens (including phenoxy) is 1. The van der Waals surface area contributed by atoms with Crippen molar-refractivity contribution in [2.24, 2.45) is 0 Å². The van der Waals surface area contributed by atoms with Crippen molar-refractivity contribution in [2.45, 2.75) is 38.9 Å². The van der Waals surface area contributed by atoms with Crippen molar-refractivity contribution in [3.8, 4) is 0 Å². The predicted molar refractivity (Wildman–Crippen MR) is 55.4 cm³/mol. The molecule has 12 heavy (non-hydrogen) atoms. The lowest BCUT2D eigenvalue weighted by molar-refractivity contribution is -0.150. The minimum absolute atomic E-state index is 0.0427. The van der Waals surface area contributed by atoms with Gasteiger partial charge in [0.05, 0.1) is 18.6 Å². The highest BCUT2D eigenvalue weighted by molar-refractivity contribution is 14.1. The largest absolute Gasteiger partial charge is 0.463 e. The van der Waals surface area contributed by atoms with Crippen LogP contribution in [-0.4, -0.2) is 27.7 Å². The molecule has 0 saturated carbocycles. The second-order valence-corrected chi connectivity index (χ2v) is 3.60. The molecular formula is C8H15IO3. The molecule has 2 unspecified atom stereocenters. The molecule has 2 atom stereocenters. The van der Waals surface area contributed by atoms with Crippen LogP contribution in [0.5, 0.6) is 0 Å². The van der Waals surface area contributed by atoms with E-state index in [9.17, 15) is 4.79 Å². The van der Waals surface area contributed by atoms with Crippen LogP contribution in [0.25, 0.3) is 0 Å². The van der Waals surface area contributed by atoms with Gasteiger partial charge in [-0.2, -0.15) is 0 Å². The van der Waals surface area contributed by atoms with E-state index in [2.05, 4.69) is 0 Å². The zero-order valence-electron chi connectivity index (χ0n) is 7.42. The monoisotopic (exact) mass is 286 g/mol. The van der Waals surface area contributed by atoms with Crippen molar-refractivity contribution < 1.29 is 14.6 Å². The van der Waals surface area contributed by atoms with Crippen LogP contribution < -0.4 is 0 Å². The molecule has 0 rings (SSSR count). The van der Waals surface area contributed by atoms with E-state index in [-0.39, 0.29) is 18.5 Å². The summed E-state index contributed by atoms with van der Waals surface area (Å²) >= 11 is 2.03. The van der Waals surface area contributed by atoms with Gasteiger partial charge < -0.3 is 9.84 Å². The molecular weight excluding hydrogens is 271 g/mol. The lowest BCUT2D eigenvalue weighted by atomic mass is 10.3. The number of carbonyl (C=O) groups excluding carboxylic acids is 1. The minimum Gasteiger partial charge on any atom is -0.463 e. The van der Waals surface area contributed by atoms with Crippen LogP contribution >= 0.6 is 22.6 Å². The Morgan fingerprint density at radius 3 is 2.67 bits per heavy atom. The molecule has 0 aliphatic carbocycles. The van der Waals surface area contributed by atoms with E-state index in [1.54, 1.807) is 0 Å². The van der Waals surface area contributed by atoms with Gasteiger partial charge in [-0.1, -0.05) is 29.5 Å². The Kier molecular flexibility index (Phi) is 6.74. The standard InChI is InChI=1S/C8H15IO3/c1-3-6(2)12-8(11)4-7(10)5-9/h6-7,10H,3-5H2,1-2H3. The molecule has 0 spiro atoms. The number of esters is 1. The van der Waals surface area contributed by atoms with E-state index in [1.807, 2.05) is 36.4 Å². The minimum atomic E-state index is -0.567. The third-order valence-corrected chi connectivity index (χ3v) is 2.50. The van der Waals surface area contributed by atoms with Gasteiger partial charge in [-0.05, 0) is 13.3 Å². The average molecular weight is 286 g/mol. The van der Waals surface area contributed by atoms with Gasteiger partial charge in [0.2, 0.25) is 0 Å². The van der Waals surface area contributed by atoms with Gasteiger partial charge in [0, 0.05) is 4.43 Å². The zero-order chi connectivity index (χ0) is 9.56. The summed E-state index contributed by atoms with van der Waals surface area (Å²) < 4.78 is 5.53. The van der Waals surface area contributed by atoms with Crippen LogP contribution in [0.1, 0.15) is 26.7 Å². The fraction of sp³-hybridized carbons (Fsp3) is 0.875. The number of alkyl halides is 1. The maximum Gasteiger partial charge on any atom is 0.308 e. The average Bonchev–Trinajstić information content (AvgIpc) is 2.03. The first-order chi connectivity index (χ1) is 5.60. The van der Waals surface area contributed by atoms with Crippen molar-refractivity contribution in [3.05, 3.63) is 0 Å². The molecule has 1 N–H and O–H groups in total. The smallest absolute Gasteiger partial charge is 0.308 e. The van der Waals surface area contributed by atoms with Crippen LogP contribution in [0.3, 0.4) is 0 Å². The molecule has 0 heterocycles. The topological polar surface area (TPSA) is 46.5 Å². The van der Waals surface area contributed by atoms with E-state index >= 15 is 0 Å². The van der Waals surface area contributed by atoms with Crippen molar-refractivity contribution in [1.82, 2.24) is 0 Å². The Bertz CT molecular complexity index is 124. The SMILES string of the molecule is CCC(C)OC(=O)CC(O)CI. The van der Waals surface area contributed by atoms with E-state index in [4.69, 9.17) is 9.84 Å². The van der Waals surface area contributed by atoms with Crippen LogP contribution in [0.15, 0.2) is 0 Å². The third-order valence-electron chi connectivity index (χ3n) is 1.49. The van der Waals surface area contributed by atoms with Gasteiger partial charge in [0.1, 0.15) is 0 Å². The molecule has 4 heteroatoms. The normalized spacial score (nSPS) is 15.3. The fourth-order valence-corrected chi connectivity index (χ4v) is 0.914. The molecule has 0 aromatic rings. The molecule has 0 aromatic heterocycles. The maximum absolute atomic E-state index is 11.0. The van der Waals surface area contributed by atoms with Crippen molar-refractivity contribution in [3.63, 3.8) is 0 Å². The van der Waals surface area contributed by atoms with Gasteiger partial charge >= 0.3 is 5.97 Å². The quantitative estimate of drug-likeness (QED) is 0.473. The Labute approximate surface area is 86.6 Å². The fourth-order valence-electron chi connectivity index (χ4n) is 0.603. The third kappa shape index (κ3) is 5.77. The second-order valence-electron chi connectivity index (χ2n) is 2.72. The summed E-state index contributed by atoms with van der Waals surface area (Å²) in [6, 6.07) is 0. The van der Waals surface area contributed by atoms with E-state index < -0.39 is 6.10 Å². The molecule has 72 valence electrons. The Morgan fingerprint density at radius 1 is 1.67 bits per heavy atom. The first kappa shape index (κ1) is 12.2. The van der Waals surface area contributed by atoms with Crippen LogP contribution in [-0.2, 0) is 9.53 Å². The lowest BCUT2D eigenvalue weighted by Crippen LogP contribution is -2.20. The Morgan fingerprint density at radius 2 is 2.25 bits per heavy atom. The number of halogens is 1. The van der Waals surface area contributed by atoms with Gasteiger partial charge in [0.25, 0.3) is 0 Å².